The van der Waals surface area contributed by atoms with Crippen LogP contribution in [0.25, 0.3) is 0 Å². The van der Waals surface area contributed by atoms with Gasteiger partial charge in [0.1, 0.15) is 12.4 Å². The largest absolute Gasteiger partial charge is 0.467 e. The predicted molar refractivity (Wildman–Crippen MR) is 88.7 cm³/mol. The van der Waals surface area contributed by atoms with Crippen molar-refractivity contribution in [3.8, 4) is 0 Å². The zero-order valence-corrected chi connectivity index (χ0v) is 14.6. The minimum atomic E-state index is -0.107. The van der Waals surface area contributed by atoms with Crippen molar-refractivity contribution < 1.29 is 18.5 Å². The molecule has 0 spiro atoms. The van der Waals surface area contributed by atoms with Gasteiger partial charge < -0.3 is 23.9 Å². The summed E-state index contributed by atoms with van der Waals surface area (Å²) < 4.78 is 16.3. The molecule has 2 amide bonds. The molecule has 0 saturated carbocycles. The first kappa shape index (κ1) is 17.5. The maximum absolute atomic E-state index is 12.3. The number of aromatic nitrogens is 2. The van der Waals surface area contributed by atoms with Crippen LogP contribution >= 0.6 is 0 Å². The summed E-state index contributed by atoms with van der Waals surface area (Å²) in [5.41, 5.74) is 0. The standard InChI is InChI=1S/C17H24N4O4/c1-12(2)16-19-15(25-20-16)11-24-14-5-3-7-21(10-14)17(22)18-9-13-6-4-8-23-13/h4,6,8,12,14H,3,5,7,9-11H2,1-2H3,(H,18,22)/t14-/m1/s1. The normalized spacial score (nSPS) is 17.9. The van der Waals surface area contributed by atoms with E-state index in [1.807, 2.05) is 19.9 Å². The van der Waals surface area contributed by atoms with Crippen molar-refractivity contribution in [3.63, 3.8) is 0 Å². The van der Waals surface area contributed by atoms with E-state index < -0.39 is 0 Å². The first-order chi connectivity index (χ1) is 12.1. The number of hydrogen-bond acceptors (Lipinski definition) is 6. The third-order valence-corrected chi connectivity index (χ3v) is 4.10. The van der Waals surface area contributed by atoms with Gasteiger partial charge in [-0.15, -0.1) is 0 Å². The van der Waals surface area contributed by atoms with Crippen molar-refractivity contribution in [1.29, 1.82) is 0 Å². The molecule has 136 valence electrons. The number of nitrogens with zero attached hydrogens (tertiary/aromatic N) is 3. The maximum Gasteiger partial charge on any atom is 0.317 e. The second kappa shape index (κ2) is 8.15. The number of likely N-dealkylation sites (tertiary alicyclic amines) is 1. The summed E-state index contributed by atoms with van der Waals surface area (Å²) in [6.07, 6.45) is 3.37. The van der Waals surface area contributed by atoms with Crippen LogP contribution in [0, 0.1) is 0 Å². The average molecular weight is 348 g/mol. The van der Waals surface area contributed by atoms with Gasteiger partial charge in [-0.05, 0) is 25.0 Å². The lowest BCUT2D eigenvalue weighted by Crippen LogP contribution is -2.47. The van der Waals surface area contributed by atoms with Gasteiger partial charge in [0, 0.05) is 19.0 Å². The average Bonchev–Trinajstić information content (AvgIpc) is 3.30. The molecule has 25 heavy (non-hydrogen) atoms. The Hall–Kier alpha value is -2.35. The molecule has 0 aromatic carbocycles. The van der Waals surface area contributed by atoms with Crippen LogP contribution in [0.1, 0.15) is 50.1 Å². The molecule has 2 aromatic rings. The lowest BCUT2D eigenvalue weighted by atomic mass is 10.1. The lowest BCUT2D eigenvalue weighted by Gasteiger charge is -2.32. The maximum atomic E-state index is 12.3. The molecule has 8 nitrogen and oxygen atoms in total. The van der Waals surface area contributed by atoms with E-state index in [4.69, 9.17) is 13.7 Å². The van der Waals surface area contributed by atoms with E-state index >= 15 is 0 Å². The Balaban J connectivity index is 1.44. The Kier molecular flexibility index (Phi) is 5.70. The third kappa shape index (κ3) is 4.82. The molecule has 3 rings (SSSR count). The van der Waals surface area contributed by atoms with E-state index in [1.54, 1.807) is 17.2 Å². The number of piperidine rings is 1. The summed E-state index contributed by atoms with van der Waals surface area (Å²) in [5, 5.41) is 6.78. The van der Waals surface area contributed by atoms with Crippen molar-refractivity contribution in [2.75, 3.05) is 13.1 Å². The van der Waals surface area contributed by atoms with Crippen LogP contribution in [-0.2, 0) is 17.9 Å². The minimum absolute atomic E-state index is 0.0301. The van der Waals surface area contributed by atoms with E-state index in [0.29, 0.717) is 24.8 Å². The van der Waals surface area contributed by atoms with Crippen molar-refractivity contribution in [2.24, 2.45) is 0 Å². The summed E-state index contributed by atoms with van der Waals surface area (Å²) >= 11 is 0. The highest BCUT2D eigenvalue weighted by molar-refractivity contribution is 5.74. The number of amides is 2. The van der Waals surface area contributed by atoms with Crippen LogP contribution in [0.5, 0.6) is 0 Å². The Bertz CT molecular complexity index is 668. The van der Waals surface area contributed by atoms with Gasteiger partial charge in [0.2, 0.25) is 0 Å². The quantitative estimate of drug-likeness (QED) is 0.862. The summed E-state index contributed by atoms with van der Waals surface area (Å²) in [7, 11) is 0. The molecule has 1 aliphatic heterocycles. The predicted octanol–water partition coefficient (Wildman–Crippen LogP) is 2.68. The zero-order chi connectivity index (χ0) is 17.6. The summed E-state index contributed by atoms with van der Waals surface area (Å²) in [6.45, 7) is 5.95. The van der Waals surface area contributed by atoms with Gasteiger partial charge in [0.25, 0.3) is 5.89 Å². The highest BCUT2D eigenvalue weighted by atomic mass is 16.5. The van der Waals surface area contributed by atoms with Crippen molar-refractivity contribution in [3.05, 3.63) is 35.9 Å². The third-order valence-electron chi connectivity index (χ3n) is 4.10. The molecule has 0 bridgehead atoms. The molecule has 1 N–H and O–H groups in total. The number of ether oxygens (including phenoxy) is 1. The van der Waals surface area contributed by atoms with E-state index in [9.17, 15) is 4.79 Å². The molecule has 1 atom stereocenters. The van der Waals surface area contributed by atoms with E-state index in [0.717, 1.165) is 25.1 Å². The number of furan rings is 1. The number of carbonyl (C=O) groups excluding carboxylic acids is 1. The van der Waals surface area contributed by atoms with Gasteiger partial charge in [-0.1, -0.05) is 19.0 Å². The zero-order valence-electron chi connectivity index (χ0n) is 14.6. The molecule has 1 fully saturated rings. The fourth-order valence-electron chi connectivity index (χ4n) is 2.70. The van der Waals surface area contributed by atoms with Gasteiger partial charge in [0.15, 0.2) is 5.82 Å². The van der Waals surface area contributed by atoms with Crippen molar-refractivity contribution >= 4 is 6.03 Å². The van der Waals surface area contributed by atoms with Crippen LogP contribution in [0.2, 0.25) is 0 Å². The summed E-state index contributed by atoms with van der Waals surface area (Å²) in [4.78, 5) is 18.3. The SMILES string of the molecule is CC(C)c1noc(CO[C@@H]2CCCN(C(=O)NCc3ccco3)C2)n1. The fraction of sp³-hybridized carbons (Fsp3) is 0.588. The number of urea groups is 1. The molecule has 0 aliphatic carbocycles. The minimum Gasteiger partial charge on any atom is -0.467 e. The van der Waals surface area contributed by atoms with Crippen LogP contribution in [0.15, 0.2) is 27.3 Å². The van der Waals surface area contributed by atoms with Gasteiger partial charge in [-0.2, -0.15) is 4.98 Å². The molecule has 1 aliphatic rings. The molecular weight excluding hydrogens is 324 g/mol. The van der Waals surface area contributed by atoms with Crippen LogP contribution in [-0.4, -0.2) is 40.3 Å². The van der Waals surface area contributed by atoms with Crippen molar-refractivity contribution in [2.45, 2.75) is 51.9 Å². The van der Waals surface area contributed by atoms with Gasteiger partial charge in [-0.3, -0.25) is 0 Å². The molecule has 3 heterocycles. The molecule has 0 radical (unpaired) electrons. The molecular formula is C17H24N4O4. The number of hydrogen-bond donors (Lipinski definition) is 1. The second-order valence-electron chi connectivity index (χ2n) is 6.46. The molecule has 1 saturated heterocycles. The van der Waals surface area contributed by atoms with Gasteiger partial charge in [0.05, 0.1) is 18.9 Å². The smallest absolute Gasteiger partial charge is 0.317 e. The van der Waals surface area contributed by atoms with Crippen molar-refractivity contribution in [1.82, 2.24) is 20.4 Å². The van der Waals surface area contributed by atoms with Gasteiger partial charge in [-0.25, -0.2) is 4.79 Å². The molecule has 2 aromatic heterocycles. The summed E-state index contributed by atoms with van der Waals surface area (Å²) in [5.74, 6) is 2.11. The molecule has 8 heteroatoms. The van der Waals surface area contributed by atoms with E-state index in [2.05, 4.69) is 15.5 Å². The van der Waals surface area contributed by atoms with E-state index in [1.165, 1.54) is 0 Å². The fourth-order valence-corrected chi connectivity index (χ4v) is 2.70. The van der Waals surface area contributed by atoms with Gasteiger partial charge >= 0.3 is 6.03 Å². The lowest BCUT2D eigenvalue weighted by molar-refractivity contribution is -0.0104. The number of carbonyl (C=O) groups is 1. The second-order valence-corrected chi connectivity index (χ2v) is 6.46. The van der Waals surface area contributed by atoms with Crippen LogP contribution in [0.4, 0.5) is 4.79 Å². The summed E-state index contributed by atoms with van der Waals surface area (Å²) in [6, 6.07) is 3.52. The van der Waals surface area contributed by atoms with Crippen LogP contribution in [0.3, 0.4) is 0 Å². The number of rotatable bonds is 6. The Morgan fingerprint density at radius 1 is 1.52 bits per heavy atom. The highest BCUT2D eigenvalue weighted by Crippen LogP contribution is 2.16. The first-order valence-electron chi connectivity index (χ1n) is 8.61. The first-order valence-corrected chi connectivity index (χ1v) is 8.61. The topological polar surface area (TPSA) is 93.6 Å². The Morgan fingerprint density at radius 2 is 2.40 bits per heavy atom. The highest BCUT2D eigenvalue weighted by Gasteiger charge is 2.24. The Labute approximate surface area is 146 Å². The number of nitrogens with one attached hydrogen (secondary N) is 1. The van der Waals surface area contributed by atoms with E-state index in [-0.39, 0.29) is 24.7 Å². The van der Waals surface area contributed by atoms with Crippen LogP contribution < -0.4 is 5.32 Å². The molecule has 0 unspecified atom stereocenters. The Morgan fingerprint density at radius 3 is 3.12 bits per heavy atom. The monoisotopic (exact) mass is 348 g/mol.